The number of esters is 1. The number of fused-ring (bicyclic) bond motifs is 1. The summed E-state index contributed by atoms with van der Waals surface area (Å²) in [6.45, 7) is 4.96. The van der Waals surface area contributed by atoms with Gasteiger partial charge in [-0.05, 0) is 49.2 Å². The first-order valence-electron chi connectivity index (χ1n) is 11.5. The number of unbranched alkanes of at least 4 members (excludes halogenated alkanes) is 3. The Morgan fingerprint density at radius 1 is 1.00 bits per heavy atom. The zero-order valence-electron chi connectivity index (χ0n) is 19.2. The van der Waals surface area contributed by atoms with E-state index in [9.17, 15) is 19.8 Å². The molecule has 3 N–H and O–H groups in total. The lowest BCUT2D eigenvalue weighted by Gasteiger charge is -2.36. The zero-order chi connectivity index (χ0) is 23.8. The van der Waals surface area contributed by atoms with Gasteiger partial charge in [0.2, 0.25) is 0 Å². The molecule has 0 bridgehead atoms. The molecule has 0 radical (unpaired) electrons. The summed E-state index contributed by atoms with van der Waals surface area (Å²) in [6, 6.07) is 13.5. The van der Waals surface area contributed by atoms with Crippen LogP contribution in [0.4, 0.5) is 11.4 Å². The second-order valence-corrected chi connectivity index (χ2v) is 8.07. The Hall–Kier alpha value is -3.32. The van der Waals surface area contributed by atoms with E-state index in [1.807, 2.05) is 19.1 Å². The maximum Gasteiger partial charge on any atom is 0.338 e. The molecule has 176 valence electrons. The van der Waals surface area contributed by atoms with Crippen molar-refractivity contribution >= 4 is 29.0 Å². The van der Waals surface area contributed by atoms with Gasteiger partial charge >= 0.3 is 5.97 Å². The molecule has 7 nitrogen and oxygen atoms in total. The Labute approximate surface area is 194 Å². The van der Waals surface area contributed by atoms with E-state index in [1.165, 1.54) is 0 Å². The van der Waals surface area contributed by atoms with Crippen LogP contribution in [0.5, 0.6) is 0 Å². The van der Waals surface area contributed by atoms with Crippen molar-refractivity contribution in [3.05, 3.63) is 65.2 Å². The van der Waals surface area contributed by atoms with Gasteiger partial charge in [-0.1, -0.05) is 45.2 Å². The summed E-state index contributed by atoms with van der Waals surface area (Å²) in [5.41, 5.74) is 1.93. The van der Waals surface area contributed by atoms with Gasteiger partial charge in [-0.2, -0.15) is 0 Å². The number of nitrogens with zero attached hydrogens (tertiary/aromatic N) is 1. The first-order chi connectivity index (χ1) is 16.0. The Bertz CT molecular complexity index is 1000. The molecular weight excluding hydrogens is 420 g/mol. The molecule has 3 rings (SSSR count). The molecule has 2 aromatic rings. The second kappa shape index (κ2) is 11.5. The molecule has 1 aliphatic rings. The molecule has 0 aliphatic carbocycles. The minimum absolute atomic E-state index is 0.101. The Morgan fingerprint density at radius 2 is 1.73 bits per heavy atom. The van der Waals surface area contributed by atoms with E-state index in [-0.39, 0.29) is 11.3 Å². The number of anilines is 2. The first-order valence-corrected chi connectivity index (χ1v) is 11.5. The molecule has 1 amide bonds. The SMILES string of the molecule is CCCCCCN1c2ccccc2C(O)=C(C(=O)Nc2ccc(C(=O)OCCC)cc2)C1O. The van der Waals surface area contributed by atoms with Gasteiger partial charge in [-0.25, -0.2) is 4.79 Å². The molecule has 7 heteroatoms. The van der Waals surface area contributed by atoms with Crippen LogP contribution in [0, 0.1) is 0 Å². The molecule has 0 spiro atoms. The molecule has 33 heavy (non-hydrogen) atoms. The Kier molecular flexibility index (Phi) is 8.49. The third-order valence-corrected chi connectivity index (χ3v) is 5.59. The van der Waals surface area contributed by atoms with Crippen LogP contribution in [0.25, 0.3) is 5.76 Å². The van der Waals surface area contributed by atoms with Crippen LogP contribution < -0.4 is 10.2 Å². The van der Waals surface area contributed by atoms with E-state index < -0.39 is 18.1 Å². The van der Waals surface area contributed by atoms with Gasteiger partial charge in [-0.15, -0.1) is 0 Å². The maximum atomic E-state index is 13.1. The fourth-order valence-corrected chi connectivity index (χ4v) is 3.82. The van der Waals surface area contributed by atoms with Gasteiger partial charge in [0.15, 0.2) is 6.23 Å². The largest absolute Gasteiger partial charge is 0.507 e. The number of hydrogen-bond donors (Lipinski definition) is 3. The number of nitrogens with one attached hydrogen (secondary N) is 1. The van der Waals surface area contributed by atoms with Crippen LogP contribution >= 0.6 is 0 Å². The van der Waals surface area contributed by atoms with Crippen molar-refractivity contribution in [2.75, 3.05) is 23.4 Å². The molecule has 2 aromatic carbocycles. The molecule has 0 fully saturated rings. The van der Waals surface area contributed by atoms with Crippen LogP contribution in [0.2, 0.25) is 0 Å². The zero-order valence-corrected chi connectivity index (χ0v) is 19.2. The van der Waals surface area contributed by atoms with Crippen molar-refractivity contribution in [1.82, 2.24) is 0 Å². The Balaban J connectivity index is 1.79. The number of aliphatic hydroxyl groups excluding tert-OH is 2. The number of carbonyl (C=O) groups is 2. The summed E-state index contributed by atoms with van der Waals surface area (Å²) in [4.78, 5) is 26.8. The van der Waals surface area contributed by atoms with E-state index in [0.29, 0.717) is 35.7 Å². The second-order valence-electron chi connectivity index (χ2n) is 8.07. The van der Waals surface area contributed by atoms with Gasteiger partial charge in [0.05, 0.1) is 12.2 Å². The van der Waals surface area contributed by atoms with Crippen molar-refractivity contribution in [3.8, 4) is 0 Å². The number of carbonyl (C=O) groups excluding carboxylic acids is 2. The summed E-state index contributed by atoms with van der Waals surface area (Å²) in [7, 11) is 0. The quantitative estimate of drug-likeness (QED) is 0.351. The summed E-state index contributed by atoms with van der Waals surface area (Å²) in [5.74, 6) is -1.26. The van der Waals surface area contributed by atoms with Crippen LogP contribution in [-0.4, -0.2) is 41.5 Å². The average molecular weight is 453 g/mol. The van der Waals surface area contributed by atoms with E-state index in [4.69, 9.17) is 4.74 Å². The van der Waals surface area contributed by atoms with Crippen molar-refractivity contribution in [2.45, 2.75) is 52.2 Å². The van der Waals surface area contributed by atoms with Crippen molar-refractivity contribution in [1.29, 1.82) is 0 Å². The minimum atomic E-state index is -1.27. The molecule has 1 atom stereocenters. The van der Waals surface area contributed by atoms with Gasteiger partial charge in [0, 0.05) is 23.5 Å². The summed E-state index contributed by atoms with van der Waals surface area (Å²) >= 11 is 0. The lowest BCUT2D eigenvalue weighted by Crippen LogP contribution is -2.44. The molecule has 0 saturated carbocycles. The normalized spacial score (nSPS) is 15.2. The third-order valence-electron chi connectivity index (χ3n) is 5.59. The van der Waals surface area contributed by atoms with Crippen molar-refractivity contribution in [3.63, 3.8) is 0 Å². The van der Waals surface area contributed by atoms with Crippen LogP contribution in [0.15, 0.2) is 54.1 Å². The molecule has 1 aliphatic heterocycles. The van der Waals surface area contributed by atoms with Gasteiger partial charge in [0.1, 0.15) is 11.3 Å². The van der Waals surface area contributed by atoms with Gasteiger partial charge in [-0.3, -0.25) is 4.79 Å². The first kappa shape index (κ1) is 24.3. The molecule has 1 unspecified atom stereocenters. The predicted octanol–water partition coefficient (Wildman–Crippen LogP) is 4.88. The smallest absolute Gasteiger partial charge is 0.338 e. The monoisotopic (exact) mass is 452 g/mol. The van der Waals surface area contributed by atoms with Crippen molar-refractivity contribution < 1.29 is 24.5 Å². The highest BCUT2D eigenvalue weighted by atomic mass is 16.5. The van der Waals surface area contributed by atoms with Crippen molar-refractivity contribution in [2.24, 2.45) is 0 Å². The highest BCUT2D eigenvalue weighted by Crippen LogP contribution is 2.36. The van der Waals surface area contributed by atoms with Gasteiger partial charge in [0.25, 0.3) is 5.91 Å². The standard InChI is InChI=1S/C26H32N2O5/c1-3-5-6-9-16-28-21-11-8-7-10-20(21)23(29)22(25(28)31)24(30)27-19-14-12-18(13-15-19)26(32)33-17-4-2/h7-8,10-15,25,29,31H,3-6,9,16-17H2,1-2H3,(H,27,30). The third kappa shape index (κ3) is 5.73. The topological polar surface area (TPSA) is 99.1 Å². The molecule has 1 heterocycles. The predicted molar refractivity (Wildman–Crippen MR) is 129 cm³/mol. The molecular formula is C26H32N2O5. The van der Waals surface area contributed by atoms with Crippen LogP contribution in [0.1, 0.15) is 61.9 Å². The molecule has 0 saturated heterocycles. The average Bonchev–Trinajstić information content (AvgIpc) is 2.82. The van der Waals surface area contributed by atoms with E-state index in [2.05, 4.69) is 12.2 Å². The van der Waals surface area contributed by atoms with E-state index in [1.54, 1.807) is 41.3 Å². The summed E-state index contributed by atoms with van der Waals surface area (Å²) < 4.78 is 5.11. The van der Waals surface area contributed by atoms with Crippen LogP contribution in [-0.2, 0) is 9.53 Å². The number of para-hydroxylation sites is 1. The minimum Gasteiger partial charge on any atom is -0.507 e. The fraction of sp³-hybridized carbons (Fsp3) is 0.385. The number of amides is 1. The van der Waals surface area contributed by atoms with E-state index >= 15 is 0 Å². The lowest BCUT2D eigenvalue weighted by atomic mass is 9.97. The van der Waals surface area contributed by atoms with Crippen LogP contribution in [0.3, 0.4) is 0 Å². The number of hydrogen-bond acceptors (Lipinski definition) is 6. The number of benzene rings is 2. The number of aliphatic hydroxyl groups is 2. The summed E-state index contributed by atoms with van der Waals surface area (Å²) in [6.07, 6.45) is 3.55. The highest BCUT2D eigenvalue weighted by molar-refractivity contribution is 6.10. The lowest BCUT2D eigenvalue weighted by molar-refractivity contribution is -0.113. The van der Waals surface area contributed by atoms with Gasteiger partial charge < -0.3 is 25.2 Å². The summed E-state index contributed by atoms with van der Waals surface area (Å²) in [5, 5.41) is 24.6. The molecule has 0 aromatic heterocycles. The highest BCUT2D eigenvalue weighted by Gasteiger charge is 2.35. The maximum absolute atomic E-state index is 13.1. The fourth-order valence-electron chi connectivity index (χ4n) is 3.82. The number of ether oxygens (including phenoxy) is 1. The Morgan fingerprint density at radius 3 is 2.42 bits per heavy atom. The number of rotatable bonds is 10. The van der Waals surface area contributed by atoms with E-state index in [0.717, 1.165) is 32.1 Å².